The maximum atomic E-state index is 11.4. The lowest BCUT2D eigenvalue weighted by atomic mass is 10.2. The molecule has 5 nitrogen and oxygen atoms in total. The number of hydrogen-bond acceptors (Lipinski definition) is 4. The molecule has 21 heavy (non-hydrogen) atoms. The van der Waals surface area contributed by atoms with Gasteiger partial charge in [-0.1, -0.05) is 36.4 Å². The molecule has 0 aliphatic carbocycles. The number of nitrogens with two attached hydrogens (primary N) is 1. The molecule has 0 bridgehead atoms. The van der Waals surface area contributed by atoms with Gasteiger partial charge in [0.25, 0.3) is 5.91 Å². The first kappa shape index (κ1) is 15.0. The van der Waals surface area contributed by atoms with Crippen molar-refractivity contribution in [1.82, 2.24) is 5.43 Å². The van der Waals surface area contributed by atoms with Crippen LogP contribution in [0.4, 0.5) is 0 Å². The van der Waals surface area contributed by atoms with Crippen molar-refractivity contribution >= 4 is 5.91 Å². The third-order valence-corrected chi connectivity index (χ3v) is 2.84. The number of hydrogen-bond donors (Lipinski definition) is 2. The molecule has 0 unspecified atom stereocenters. The Balaban J connectivity index is 1.72. The van der Waals surface area contributed by atoms with E-state index >= 15 is 0 Å². The Kier molecular flexibility index (Phi) is 5.75. The van der Waals surface area contributed by atoms with Gasteiger partial charge in [-0.2, -0.15) is 0 Å². The van der Waals surface area contributed by atoms with Gasteiger partial charge < -0.3 is 9.47 Å². The van der Waals surface area contributed by atoms with Gasteiger partial charge in [-0.3, -0.25) is 10.2 Å². The highest BCUT2D eigenvalue weighted by atomic mass is 16.5. The van der Waals surface area contributed by atoms with Crippen LogP contribution in [0.2, 0.25) is 0 Å². The van der Waals surface area contributed by atoms with Crippen LogP contribution in [0.25, 0.3) is 0 Å². The molecule has 0 saturated carbocycles. The Bertz CT molecular complexity index is 573. The zero-order chi connectivity index (χ0) is 14.9. The van der Waals surface area contributed by atoms with Gasteiger partial charge in [-0.25, -0.2) is 5.84 Å². The van der Waals surface area contributed by atoms with E-state index in [-0.39, 0.29) is 5.91 Å². The molecule has 2 aromatic rings. The molecule has 0 spiro atoms. The fourth-order valence-electron chi connectivity index (χ4n) is 1.79. The minimum atomic E-state index is -0.347. The zero-order valence-corrected chi connectivity index (χ0v) is 11.6. The van der Waals surface area contributed by atoms with Gasteiger partial charge in [0.05, 0.1) is 13.2 Å². The van der Waals surface area contributed by atoms with Crippen LogP contribution >= 0.6 is 0 Å². The summed E-state index contributed by atoms with van der Waals surface area (Å²) in [5, 5.41) is 0. The van der Waals surface area contributed by atoms with Gasteiger partial charge in [-0.05, 0) is 23.8 Å². The van der Waals surface area contributed by atoms with Crippen LogP contribution in [0, 0.1) is 0 Å². The standard InChI is InChI=1S/C16H18N2O3/c17-18-16(19)14-7-4-8-15(11-14)21-10-9-20-12-13-5-2-1-3-6-13/h1-8,11H,9-10,12,17H2,(H,18,19). The topological polar surface area (TPSA) is 73.6 Å². The molecule has 110 valence electrons. The first-order valence-corrected chi connectivity index (χ1v) is 6.65. The monoisotopic (exact) mass is 286 g/mol. The lowest BCUT2D eigenvalue weighted by molar-refractivity contribution is 0.0887. The smallest absolute Gasteiger partial charge is 0.265 e. The third-order valence-electron chi connectivity index (χ3n) is 2.84. The van der Waals surface area contributed by atoms with Crippen molar-refractivity contribution in [2.45, 2.75) is 6.61 Å². The molecule has 0 fully saturated rings. The molecule has 0 radical (unpaired) electrons. The van der Waals surface area contributed by atoms with E-state index < -0.39 is 0 Å². The van der Waals surface area contributed by atoms with Crippen LogP contribution in [0.15, 0.2) is 54.6 Å². The van der Waals surface area contributed by atoms with E-state index in [1.165, 1.54) is 0 Å². The number of nitrogens with one attached hydrogen (secondary N) is 1. The summed E-state index contributed by atoms with van der Waals surface area (Å²) in [6.45, 7) is 1.45. The molecule has 0 heterocycles. The van der Waals surface area contributed by atoms with Crippen molar-refractivity contribution in [3.8, 4) is 5.75 Å². The largest absolute Gasteiger partial charge is 0.491 e. The fraction of sp³-hybridized carbons (Fsp3) is 0.188. The summed E-state index contributed by atoms with van der Waals surface area (Å²) in [4.78, 5) is 11.4. The molecule has 3 N–H and O–H groups in total. The van der Waals surface area contributed by atoms with Gasteiger partial charge in [0, 0.05) is 5.56 Å². The number of amides is 1. The summed E-state index contributed by atoms with van der Waals surface area (Å²) in [6.07, 6.45) is 0. The summed E-state index contributed by atoms with van der Waals surface area (Å²) in [5.41, 5.74) is 3.67. The first-order chi connectivity index (χ1) is 10.3. The van der Waals surface area contributed by atoms with Crippen LogP contribution in [-0.4, -0.2) is 19.1 Å². The molecule has 5 heteroatoms. The highest BCUT2D eigenvalue weighted by Gasteiger charge is 2.04. The molecule has 0 aromatic heterocycles. The van der Waals surface area contributed by atoms with Crippen molar-refractivity contribution in [3.63, 3.8) is 0 Å². The number of hydrazine groups is 1. The van der Waals surface area contributed by atoms with E-state index in [0.29, 0.717) is 31.1 Å². The molecular formula is C16H18N2O3. The lowest BCUT2D eigenvalue weighted by Gasteiger charge is -2.08. The number of nitrogen functional groups attached to an aromatic ring is 1. The lowest BCUT2D eigenvalue weighted by Crippen LogP contribution is -2.29. The van der Waals surface area contributed by atoms with Gasteiger partial charge in [0.1, 0.15) is 12.4 Å². The SMILES string of the molecule is NNC(=O)c1cccc(OCCOCc2ccccc2)c1. The Morgan fingerprint density at radius 2 is 1.86 bits per heavy atom. The molecule has 2 aromatic carbocycles. The number of ether oxygens (including phenoxy) is 2. The van der Waals surface area contributed by atoms with E-state index in [2.05, 4.69) is 5.43 Å². The molecule has 0 aliphatic heterocycles. The first-order valence-electron chi connectivity index (χ1n) is 6.65. The van der Waals surface area contributed by atoms with E-state index in [1.54, 1.807) is 24.3 Å². The van der Waals surface area contributed by atoms with Crippen molar-refractivity contribution in [1.29, 1.82) is 0 Å². The molecule has 2 rings (SSSR count). The summed E-state index contributed by atoms with van der Waals surface area (Å²) in [7, 11) is 0. The van der Waals surface area contributed by atoms with E-state index in [1.807, 2.05) is 30.3 Å². The van der Waals surface area contributed by atoms with Crippen molar-refractivity contribution in [2.75, 3.05) is 13.2 Å². The van der Waals surface area contributed by atoms with Crippen molar-refractivity contribution < 1.29 is 14.3 Å². The minimum absolute atomic E-state index is 0.347. The summed E-state index contributed by atoms with van der Waals surface area (Å²) in [5.74, 6) is 5.35. The average Bonchev–Trinajstić information content (AvgIpc) is 2.55. The normalized spacial score (nSPS) is 10.1. The minimum Gasteiger partial charge on any atom is -0.491 e. The van der Waals surface area contributed by atoms with E-state index in [9.17, 15) is 4.79 Å². The van der Waals surface area contributed by atoms with Crippen LogP contribution in [0.1, 0.15) is 15.9 Å². The predicted octanol–water partition coefficient (Wildman–Crippen LogP) is 1.89. The van der Waals surface area contributed by atoms with Crippen LogP contribution in [0.5, 0.6) is 5.75 Å². The second-order valence-electron chi connectivity index (χ2n) is 4.39. The zero-order valence-electron chi connectivity index (χ0n) is 11.6. The molecule has 1 amide bonds. The highest BCUT2D eigenvalue weighted by molar-refractivity contribution is 5.94. The molecule has 0 saturated heterocycles. The van der Waals surface area contributed by atoms with Crippen LogP contribution in [-0.2, 0) is 11.3 Å². The Morgan fingerprint density at radius 1 is 1.05 bits per heavy atom. The van der Waals surface area contributed by atoms with Gasteiger partial charge in [0.15, 0.2) is 0 Å². The van der Waals surface area contributed by atoms with Crippen molar-refractivity contribution in [2.24, 2.45) is 5.84 Å². The maximum absolute atomic E-state index is 11.4. The molecule has 0 atom stereocenters. The fourth-order valence-corrected chi connectivity index (χ4v) is 1.79. The third kappa shape index (κ3) is 4.91. The summed E-state index contributed by atoms with van der Waals surface area (Å²) >= 11 is 0. The summed E-state index contributed by atoms with van der Waals surface area (Å²) in [6, 6.07) is 16.8. The maximum Gasteiger partial charge on any atom is 0.265 e. The quantitative estimate of drug-likeness (QED) is 0.353. The molecule has 0 aliphatic rings. The number of carbonyl (C=O) groups is 1. The van der Waals surface area contributed by atoms with Gasteiger partial charge in [-0.15, -0.1) is 0 Å². The highest BCUT2D eigenvalue weighted by Crippen LogP contribution is 2.13. The Labute approximate surface area is 123 Å². The average molecular weight is 286 g/mol. The number of rotatable bonds is 7. The number of carbonyl (C=O) groups excluding carboxylic acids is 1. The van der Waals surface area contributed by atoms with Crippen molar-refractivity contribution in [3.05, 3.63) is 65.7 Å². The summed E-state index contributed by atoms with van der Waals surface area (Å²) < 4.78 is 11.0. The van der Waals surface area contributed by atoms with Crippen LogP contribution in [0.3, 0.4) is 0 Å². The second kappa shape index (κ2) is 8.04. The van der Waals surface area contributed by atoms with Gasteiger partial charge >= 0.3 is 0 Å². The second-order valence-corrected chi connectivity index (χ2v) is 4.39. The van der Waals surface area contributed by atoms with Crippen LogP contribution < -0.4 is 16.0 Å². The van der Waals surface area contributed by atoms with Gasteiger partial charge in [0.2, 0.25) is 0 Å². The molecular weight excluding hydrogens is 268 g/mol. The van der Waals surface area contributed by atoms with E-state index in [0.717, 1.165) is 5.56 Å². The Morgan fingerprint density at radius 3 is 2.62 bits per heavy atom. The van der Waals surface area contributed by atoms with E-state index in [4.69, 9.17) is 15.3 Å². The Hall–Kier alpha value is -2.37. The number of benzene rings is 2. The predicted molar refractivity (Wildman–Crippen MR) is 79.7 cm³/mol.